The quantitative estimate of drug-likeness (QED) is 0.744. The van der Waals surface area contributed by atoms with Gasteiger partial charge in [-0.1, -0.05) is 0 Å². The van der Waals surface area contributed by atoms with E-state index in [9.17, 15) is 13.5 Å². The van der Waals surface area contributed by atoms with Crippen molar-refractivity contribution in [2.75, 3.05) is 26.7 Å². The molecule has 0 spiro atoms. The third-order valence-corrected chi connectivity index (χ3v) is 5.08. The van der Waals surface area contributed by atoms with E-state index in [0.717, 1.165) is 0 Å². The van der Waals surface area contributed by atoms with Crippen LogP contribution in [0, 0.1) is 0 Å². The lowest BCUT2D eigenvalue weighted by Gasteiger charge is -2.26. The molecule has 2 heterocycles. The maximum atomic E-state index is 12.3. The largest absolute Gasteiger partial charge is 0.387 e. The van der Waals surface area contributed by atoms with E-state index < -0.39 is 15.6 Å². The summed E-state index contributed by atoms with van der Waals surface area (Å²) in [4.78, 5) is 3.91. The minimum atomic E-state index is -3.64. The fraction of sp³-hybridized carbons (Fsp3) is 0.727. The van der Waals surface area contributed by atoms with Crippen LogP contribution in [0.1, 0.15) is 13.3 Å². The third-order valence-electron chi connectivity index (χ3n) is 3.39. The van der Waals surface area contributed by atoms with E-state index in [-0.39, 0.29) is 11.6 Å². The molecule has 8 heteroatoms. The lowest BCUT2D eigenvalue weighted by Crippen LogP contribution is -2.45. The van der Waals surface area contributed by atoms with Crippen molar-refractivity contribution in [1.29, 1.82) is 0 Å². The summed E-state index contributed by atoms with van der Waals surface area (Å²) in [5.41, 5.74) is -0.991. The van der Waals surface area contributed by atoms with Gasteiger partial charge in [0, 0.05) is 32.9 Å². The number of likely N-dealkylation sites (N-methyl/N-ethyl adjacent to an activating group) is 1. The Hall–Kier alpha value is -0.960. The number of nitrogens with zero attached hydrogens (tertiary/aromatic N) is 3. The van der Waals surface area contributed by atoms with Crippen molar-refractivity contribution >= 4 is 10.0 Å². The van der Waals surface area contributed by atoms with Gasteiger partial charge in [-0.25, -0.2) is 13.4 Å². The van der Waals surface area contributed by atoms with Crippen molar-refractivity contribution in [3.05, 3.63) is 12.5 Å². The molecule has 108 valence electrons. The first-order valence-electron chi connectivity index (χ1n) is 6.29. The molecular weight excluding hydrogens is 268 g/mol. The van der Waals surface area contributed by atoms with Crippen molar-refractivity contribution in [3.63, 3.8) is 0 Å². The Morgan fingerprint density at radius 1 is 1.63 bits per heavy atom. The summed E-state index contributed by atoms with van der Waals surface area (Å²) in [6.07, 6.45) is 3.55. The summed E-state index contributed by atoms with van der Waals surface area (Å²) in [5, 5.41) is 13.3. The van der Waals surface area contributed by atoms with Crippen molar-refractivity contribution in [3.8, 4) is 0 Å². The van der Waals surface area contributed by atoms with Crippen LogP contribution in [0.5, 0.6) is 0 Å². The van der Waals surface area contributed by atoms with Crippen molar-refractivity contribution in [2.24, 2.45) is 0 Å². The molecule has 1 aromatic heterocycles. The molecule has 1 aliphatic heterocycles. The number of aryl methyl sites for hydroxylation is 1. The van der Waals surface area contributed by atoms with Crippen LogP contribution in [0.2, 0.25) is 0 Å². The molecule has 1 unspecified atom stereocenters. The number of hydrogen-bond donors (Lipinski definition) is 2. The number of β-amino-alcohol motifs (C(OH)–C–C–N with tert-alkyl or cyclic N) is 1. The van der Waals surface area contributed by atoms with Crippen LogP contribution in [0.3, 0.4) is 0 Å². The number of aliphatic hydroxyl groups is 1. The van der Waals surface area contributed by atoms with E-state index in [4.69, 9.17) is 0 Å². The maximum absolute atomic E-state index is 12.3. The first-order chi connectivity index (χ1) is 8.87. The highest BCUT2D eigenvalue weighted by molar-refractivity contribution is 7.89. The van der Waals surface area contributed by atoms with E-state index >= 15 is 0 Å². The lowest BCUT2D eigenvalue weighted by atomic mass is 10.0. The zero-order valence-electron chi connectivity index (χ0n) is 11.2. The second-order valence-electron chi connectivity index (χ2n) is 4.95. The predicted molar refractivity (Wildman–Crippen MR) is 70.2 cm³/mol. The van der Waals surface area contributed by atoms with Gasteiger partial charge in [-0.2, -0.15) is 4.31 Å². The van der Waals surface area contributed by atoms with Crippen LogP contribution >= 0.6 is 0 Å². The Bertz CT molecular complexity index is 534. The molecule has 19 heavy (non-hydrogen) atoms. The smallest absolute Gasteiger partial charge is 0.261 e. The van der Waals surface area contributed by atoms with Crippen molar-refractivity contribution < 1.29 is 13.5 Å². The van der Waals surface area contributed by atoms with Gasteiger partial charge in [-0.15, -0.1) is 0 Å². The molecule has 0 saturated carbocycles. The molecule has 1 aliphatic rings. The average molecular weight is 288 g/mol. The maximum Gasteiger partial charge on any atom is 0.261 e. The summed E-state index contributed by atoms with van der Waals surface area (Å²) >= 11 is 0. The summed E-state index contributed by atoms with van der Waals surface area (Å²) in [7, 11) is -2.17. The van der Waals surface area contributed by atoms with Crippen LogP contribution in [-0.4, -0.2) is 59.7 Å². The molecule has 0 radical (unpaired) electrons. The zero-order valence-corrected chi connectivity index (χ0v) is 12.0. The normalized spacial score (nSPS) is 24.2. The monoisotopic (exact) mass is 288 g/mol. The molecule has 2 N–H and O–H groups in total. The summed E-state index contributed by atoms with van der Waals surface area (Å²) in [6.45, 7) is 3.77. The number of sulfonamides is 1. The number of imidazole rings is 1. The summed E-state index contributed by atoms with van der Waals surface area (Å²) in [6, 6.07) is 0. The van der Waals surface area contributed by atoms with Gasteiger partial charge >= 0.3 is 0 Å². The van der Waals surface area contributed by atoms with Crippen LogP contribution < -0.4 is 5.32 Å². The molecule has 1 saturated heterocycles. The van der Waals surface area contributed by atoms with E-state index in [1.807, 2.05) is 6.92 Å². The Kier molecular flexibility index (Phi) is 3.95. The van der Waals surface area contributed by atoms with Crippen molar-refractivity contribution in [1.82, 2.24) is 19.2 Å². The van der Waals surface area contributed by atoms with E-state index in [1.54, 1.807) is 4.57 Å². The van der Waals surface area contributed by atoms with Gasteiger partial charge in [0.15, 0.2) is 5.03 Å². The Morgan fingerprint density at radius 3 is 2.89 bits per heavy atom. The topological polar surface area (TPSA) is 87.5 Å². The highest BCUT2D eigenvalue weighted by Gasteiger charge is 2.36. The Morgan fingerprint density at radius 2 is 2.37 bits per heavy atom. The number of aromatic nitrogens is 2. The number of hydrogen-bond acceptors (Lipinski definition) is 5. The second-order valence-corrected chi connectivity index (χ2v) is 6.95. The first-order valence-corrected chi connectivity index (χ1v) is 7.73. The Labute approximate surface area is 113 Å². The molecule has 0 aromatic carbocycles. The molecule has 1 atom stereocenters. The van der Waals surface area contributed by atoms with Gasteiger partial charge in [0.1, 0.15) is 0 Å². The number of rotatable bonds is 5. The molecule has 0 amide bonds. The third kappa shape index (κ3) is 2.97. The second kappa shape index (κ2) is 5.20. The standard InChI is InChI=1S/C11H20N4O3S/c1-3-15-6-10(13-9-15)19(17,18)14(2)8-11(16)4-5-12-7-11/h6,9,12,16H,3-5,7-8H2,1-2H3. The van der Waals surface area contributed by atoms with Gasteiger partial charge in [0.2, 0.25) is 0 Å². The molecule has 0 bridgehead atoms. The Balaban J connectivity index is 2.14. The predicted octanol–water partition coefficient (Wildman–Crippen LogP) is -0.752. The van der Waals surface area contributed by atoms with Gasteiger partial charge in [-0.05, 0) is 19.9 Å². The molecule has 0 aliphatic carbocycles. The van der Waals surface area contributed by atoms with Crippen LogP contribution in [0.4, 0.5) is 0 Å². The number of nitrogens with one attached hydrogen (secondary N) is 1. The van der Waals surface area contributed by atoms with E-state index in [0.29, 0.717) is 26.1 Å². The fourth-order valence-electron chi connectivity index (χ4n) is 2.17. The van der Waals surface area contributed by atoms with Crippen LogP contribution in [-0.2, 0) is 16.6 Å². The van der Waals surface area contributed by atoms with E-state index in [2.05, 4.69) is 10.3 Å². The lowest BCUT2D eigenvalue weighted by molar-refractivity contribution is 0.0462. The molecule has 1 aromatic rings. The fourth-order valence-corrected chi connectivity index (χ4v) is 3.35. The van der Waals surface area contributed by atoms with Gasteiger partial charge in [0.25, 0.3) is 10.0 Å². The minimum Gasteiger partial charge on any atom is -0.387 e. The highest BCUT2D eigenvalue weighted by Crippen LogP contribution is 2.19. The zero-order chi connectivity index (χ0) is 14.1. The molecule has 1 fully saturated rings. The highest BCUT2D eigenvalue weighted by atomic mass is 32.2. The minimum absolute atomic E-state index is 0.0198. The van der Waals surface area contributed by atoms with Gasteiger partial charge in [0.05, 0.1) is 11.9 Å². The van der Waals surface area contributed by atoms with Crippen LogP contribution in [0.15, 0.2) is 17.6 Å². The van der Waals surface area contributed by atoms with Gasteiger partial charge in [-0.3, -0.25) is 0 Å². The van der Waals surface area contributed by atoms with Crippen LogP contribution in [0.25, 0.3) is 0 Å². The summed E-state index contributed by atoms with van der Waals surface area (Å²) < 4.78 is 27.5. The van der Waals surface area contributed by atoms with Gasteiger partial charge < -0.3 is 15.0 Å². The first kappa shape index (κ1) is 14.4. The molecular formula is C11H20N4O3S. The molecule has 7 nitrogen and oxygen atoms in total. The SMILES string of the molecule is CCn1cnc(S(=O)(=O)N(C)CC2(O)CCNC2)c1. The summed E-state index contributed by atoms with van der Waals surface area (Å²) in [5.74, 6) is 0. The van der Waals surface area contributed by atoms with E-state index in [1.165, 1.54) is 23.9 Å². The molecule has 2 rings (SSSR count). The van der Waals surface area contributed by atoms with Crippen molar-refractivity contribution in [2.45, 2.75) is 30.5 Å². The average Bonchev–Trinajstić information content (AvgIpc) is 2.97.